The lowest BCUT2D eigenvalue weighted by Gasteiger charge is -2.14. The van der Waals surface area contributed by atoms with E-state index in [4.69, 9.17) is 4.74 Å². The molecule has 0 saturated heterocycles. The van der Waals surface area contributed by atoms with Crippen molar-refractivity contribution in [1.82, 2.24) is 0 Å². The summed E-state index contributed by atoms with van der Waals surface area (Å²) in [5.41, 5.74) is 1.32. The first kappa shape index (κ1) is 12.2. The molecule has 0 fully saturated rings. The zero-order valence-electron chi connectivity index (χ0n) is 8.17. The van der Waals surface area contributed by atoms with Crippen LogP contribution in [0, 0.1) is 0 Å². The normalized spacial score (nSPS) is 12.8. The molecule has 0 aliphatic heterocycles. The zero-order chi connectivity index (χ0) is 10.4. The molecule has 78 valence electrons. The molecular formula is C11H14Br2O. The minimum absolute atomic E-state index is 0.447. The first-order valence-corrected chi connectivity index (χ1v) is 6.58. The topological polar surface area (TPSA) is 9.23 Å². The van der Waals surface area contributed by atoms with Crippen molar-refractivity contribution in [3.05, 3.63) is 34.3 Å². The number of hydrogen-bond donors (Lipinski definition) is 0. The SMILES string of the molecule is CCOCC(CBr)c1ccc(Br)cc1. The molecule has 0 radical (unpaired) electrons. The Morgan fingerprint density at radius 2 is 1.93 bits per heavy atom. The summed E-state index contributed by atoms with van der Waals surface area (Å²) in [5.74, 6) is 0.447. The molecule has 0 aromatic heterocycles. The van der Waals surface area contributed by atoms with Crippen LogP contribution in [-0.2, 0) is 4.74 Å². The van der Waals surface area contributed by atoms with Crippen LogP contribution in [0.1, 0.15) is 18.4 Å². The minimum Gasteiger partial charge on any atom is -0.381 e. The molecule has 1 unspecified atom stereocenters. The van der Waals surface area contributed by atoms with Gasteiger partial charge in [-0.3, -0.25) is 0 Å². The highest BCUT2D eigenvalue weighted by Crippen LogP contribution is 2.20. The Morgan fingerprint density at radius 1 is 1.29 bits per heavy atom. The molecule has 0 heterocycles. The molecular weight excluding hydrogens is 308 g/mol. The number of alkyl halides is 1. The summed E-state index contributed by atoms with van der Waals surface area (Å²) in [6.07, 6.45) is 0. The lowest BCUT2D eigenvalue weighted by molar-refractivity contribution is 0.137. The van der Waals surface area contributed by atoms with Gasteiger partial charge in [-0.1, -0.05) is 44.0 Å². The van der Waals surface area contributed by atoms with Gasteiger partial charge in [0.2, 0.25) is 0 Å². The van der Waals surface area contributed by atoms with E-state index in [0.717, 1.165) is 23.0 Å². The number of benzene rings is 1. The van der Waals surface area contributed by atoms with Crippen molar-refractivity contribution in [3.8, 4) is 0 Å². The van der Waals surface area contributed by atoms with Crippen molar-refractivity contribution in [2.75, 3.05) is 18.5 Å². The monoisotopic (exact) mass is 320 g/mol. The van der Waals surface area contributed by atoms with Gasteiger partial charge in [0.25, 0.3) is 0 Å². The Bertz CT molecular complexity index is 258. The second-order valence-corrected chi connectivity index (χ2v) is 4.63. The van der Waals surface area contributed by atoms with Gasteiger partial charge in [-0.15, -0.1) is 0 Å². The fourth-order valence-corrected chi connectivity index (χ4v) is 2.05. The van der Waals surface area contributed by atoms with E-state index in [2.05, 4.69) is 56.1 Å². The van der Waals surface area contributed by atoms with Crippen molar-refractivity contribution in [2.24, 2.45) is 0 Å². The first-order chi connectivity index (χ1) is 6.77. The predicted molar refractivity (Wildman–Crippen MR) is 67.2 cm³/mol. The van der Waals surface area contributed by atoms with Crippen LogP contribution in [0.2, 0.25) is 0 Å². The van der Waals surface area contributed by atoms with Gasteiger partial charge in [-0.05, 0) is 24.6 Å². The molecule has 3 heteroatoms. The van der Waals surface area contributed by atoms with Crippen molar-refractivity contribution in [2.45, 2.75) is 12.8 Å². The maximum Gasteiger partial charge on any atom is 0.0542 e. The quantitative estimate of drug-likeness (QED) is 0.746. The van der Waals surface area contributed by atoms with Gasteiger partial charge in [-0.2, -0.15) is 0 Å². The van der Waals surface area contributed by atoms with Gasteiger partial charge in [-0.25, -0.2) is 0 Å². The maximum atomic E-state index is 5.43. The second kappa shape index (κ2) is 6.59. The van der Waals surface area contributed by atoms with Crippen LogP contribution >= 0.6 is 31.9 Å². The van der Waals surface area contributed by atoms with Gasteiger partial charge in [0, 0.05) is 22.3 Å². The van der Waals surface area contributed by atoms with E-state index < -0.39 is 0 Å². The molecule has 1 rings (SSSR count). The Hall–Kier alpha value is 0.140. The smallest absolute Gasteiger partial charge is 0.0542 e. The fourth-order valence-electron chi connectivity index (χ4n) is 1.22. The Morgan fingerprint density at radius 3 is 2.43 bits per heavy atom. The van der Waals surface area contributed by atoms with E-state index in [1.54, 1.807) is 0 Å². The average Bonchev–Trinajstić information content (AvgIpc) is 2.21. The molecule has 1 atom stereocenters. The van der Waals surface area contributed by atoms with Crippen LogP contribution in [0.4, 0.5) is 0 Å². The summed E-state index contributed by atoms with van der Waals surface area (Å²) in [7, 11) is 0. The summed E-state index contributed by atoms with van der Waals surface area (Å²) in [6.45, 7) is 3.58. The summed E-state index contributed by atoms with van der Waals surface area (Å²) in [6, 6.07) is 8.40. The van der Waals surface area contributed by atoms with E-state index in [-0.39, 0.29) is 0 Å². The summed E-state index contributed by atoms with van der Waals surface area (Å²) < 4.78 is 6.55. The Balaban J connectivity index is 2.64. The number of rotatable bonds is 5. The molecule has 14 heavy (non-hydrogen) atoms. The van der Waals surface area contributed by atoms with E-state index in [1.807, 2.05) is 6.92 Å². The van der Waals surface area contributed by atoms with Gasteiger partial charge in [0.05, 0.1) is 6.61 Å². The van der Waals surface area contributed by atoms with Crippen molar-refractivity contribution < 1.29 is 4.74 Å². The van der Waals surface area contributed by atoms with Gasteiger partial charge in [0.15, 0.2) is 0 Å². The van der Waals surface area contributed by atoms with E-state index in [0.29, 0.717) is 5.92 Å². The van der Waals surface area contributed by atoms with Crippen molar-refractivity contribution >= 4 is 31.9 Å². The summed E-state index contributed by atoms with van der Waals surface area (Å²) in [4.78, 5) is 0. The second-order valence-electron chi connectivity index (χ2n) is 3.06. The fraction of sp³-hybridized carbons (Fsp3) is 0.455. The Labute approximate surface area is 102 Å². The van der Waals surface area contributed by atoms with E-state index in [1.165, 1.54) is 5.56 Å². The lowest BCUT2D eigenvalue weighted by atomic mass is 10.0. The number of ether oxygens (including phenoxy) is 1. The highest BCUT2D eigenvalue weighted by molar-refractivity contribution is 9.10. The maximum absolute atomic E-state index is 5.43. The molecule has 0 N–H and O–H groups in total. The molecule has 1 aromatic carbocycles. The number of hydrogen-bond acceptors (Lipinski definition) is 1. The third-order valence-corrected chi connectivity index (χ3v) is 3.36. The average molecular weight is 322 g/mol. The number of halogens is 2. The highest BCUT2D eigenvalue weighted by Gasteiger charge is 2.09. The molecule has 0 aliphatic carbocycles. The third-order valence-electron chi connectivity index (χ3n) is 2.05. The van der Waals surface area contributed by atoms with Crippen molar-refractivity contribution in [3.63, 3.8) is 0 Å². The van der Waals surface area contributed by atoms with Crippen LogP contribution in [0.3, 0.4) is 0 Å². The van der Waals surface area contributed by atoms with Crippen LogP contribution in [0.5, 0.6) is 0 Å². The van der Waals surface area contributed by atoms with Crippen LogP contribution in [-0.4, -0.2) is 18.5 Å². The van der Waals surface area contributed by atoms with Crippen LogP contribution in [0.25, 0.3) is 0 Å². The highest BCUT2D eigenvalue weighted by atomic mass is 79.9. The third kappa shape index (κ3) is 3.71. The molecule has 0 amide bonds. The lowest BCUT2D eigenvalue weighted by Crippen LogP contribution is -2.09. The standard InChI is InChI=1S/C11H14Br2O/c1-2-14-8-10(7-12)9-3-5-11(13)6-4-9/h3-6,10H,2,7-8H2,1H3. The zero-order valence-corrected chi connectivity index (χ0v) is 11.3. The molecule has 0 spiro atoms. The van der Waals surface area contributed by atoms with E-state index in [9.17, 15) is 0 Å². The first-order valence-electron chi connectivity index (χ1n) is 4.67. The van der Waals surface area contributed by atoms with Gasteiger partial charge < -0.3 is 4.74 Å². The van der Waals surface area contributed by atoms with Gasteiger partial charge in [0.1, 0.15) is 0 Å². The van der Waals surface area contributed by atoms with E-state index >= 15 is 0 Å². The largest absolute Gasteiger partial charge is 0.381 e. The minimum atomic E-state index is 0.447. The van der Waals surface area contributed by atoms with Crippen LogP contribution < -0.4 is 0 Å². The summed E-state index contributed by atoms with van der Waals surface area (Å²) >= 11 is 6.94. The van der Waals surface area contributed by atoms with Gasteiger partial charge >= 0.3 is 0 Å². The van der Waals surface area contributed by atoms with Crippen molar-refractivity contribution in [1.29, 1.82) is 0 Å². The Kier molecular flexibility index (Phi) is 5.75. The molecule has 1 aromatic rings. The molecule has 0 bridgehead atoms. The molecule has 0 saturated carbocycles. The molecule has 1 nitrogen and oxygen atoms in total. The predicted octanol–water partition coefficient (Wildman–Crippen LogP) is 3.96. The molecule has 0 aliphatic rings. The van der Waals surface area contributed by atoms with Crippen LogP contribution in [0.15, 0.2) is 28.7 Å². The summed E-state index contributed by atoms with van der Waals surface area (Å²) in [5, 5.41) is 0.939.